The molecule has 0 unspecified atom stereocenters. The second-order valence-corrected chi connectivity index (χ2v) is 4.35. The molecular weight excluding hydrogens is 254 g/mol. The summed E-state index contributed by atoms with van der Waals surface area (Å²) in [4.78, 5) is 13.7. The van der Waals surface area contributed by atoms with E-state index in [2.05, 4.69) is 0 Å². The van der Waals surface area contributed by atoms with E-state index in [9.17, 15) is 4.79 Å². The maximum absolute atomic E-state index is 12.0. The van der Waals surface area contributed by atoms with Gasteiger partial charge in [0, 0.05) is 23.9 Å². The summed E-state index contributed by atoms with van der Waals surface area (Å²) in [7, 11) is 1.63. The Morgan fingerprint density at radius 3 is 2.10 bits per heavy atom. The zero-order valence-electron chi connectivity index (χ0n) is 12.1. The second kappa shape index (κ2) is 6.28. The van der Waals surface area contributed by atoms with Crippen LogP contribution in [0.2, 0.25) is 0 Å². The van der Waals surface area contributed by atoms with Crippen LogP contribution in [0, 0.1) is 0 Å². The van der Waals surface area contributed by atoms with Crippen LogP contribution in [0.25, 0.3) is 10.8 Å². The molecule has 0 saturated heterocycles. The third-order valence-electron chi connectivity index (χ3n) is 3.28. The predicted octanol–water partition coefficient (Wildman–Crippen LogP) is 3.69. The van der Waals surface area contributed by atoms with Crippen LogP contribution in [-0.4, -0.2) is 31.2 Å². The first-order valence-electron chi connectivity index (χ1n) is 6.73. The molecule has 0 aliphatic carbocycles. The third-order valence-corrected chi connectivity index (χ3v) is 3.28. The van der Waals surface area contributed by atoms with Crippen molar-refractivity contribution in [2.45, 2.75) is 13.8 Å². The second-order valence-electron chi connectivity index (χ2n) is 4.35. The molecule has 0 radical (unpaired) electrons. The van der Waals surface area contributed by atoms with Crippen molar-refractivity contribution in [3.63, 3.8) is 0 Å². The maximum atomic E-state index is 12.0. The minimum Gasteiger partial charge on any atom is -0.496 e. The predicted molar refractivity (Wildman–Crippen MR) is 79.4 cm³/mol. The van der Waals surface area contributed by atoms with Crippen LogP contribution in [0.4, 0.5) is 4.79 Å². The zero-order valence-corrected chi connectivity index (χ0v) is 12.1. The van der Waals surface area contributed by atoms with Crippen molar-refractivity contribution >= 4 is 16.9 Å². The van der Waals surface area contributed by atoms with E-state index in [-0.39, 0.29) is 6.09 Å². The number of methoxy groups -OCH3 is 1. The average molecular weight is 273 g/mol. The van der Waals surface area contributed by atoms with Gasteiger partial charge in [-0.05, 0) is 26.0 Å². The SMILES string of the molecule is CCN(CC)C(=O)Oc1cccc2c(OC)cccc12. The lowest BCUT2D eigenvalue weighted by Gasteiger charge is -2.18. The molecule has 0 atom stereocenters. The largest absolute Gasteiger partial charge is 0.496 e. The topological polar surface area (TPSA) is 38.8 Å². The van der Waals surface area contributed by atoms with Gasteiger partial charge in [0.15, 0.2) is 0 Å². The van der Waals surface area contributed by atoms with E-state index in [0.717, 1.165) is 16.5 Å². The van der Waals surface area contributed by atoms with Crippen LogP contribution in [-0.2, 0) is 0 Å². The molecule has 0 saturated carbocycles. The molecule has 2 rings (SSSR count). The molecule has 2 aromatic carbocycles. The van der Waals surface area contributed by atoms with Crippen molar-refractivity contribution in [3.05, 3.63) is 36.4 Å². The third kappa shape index (κ3) is 2.69. The Bertz CT molecular complexity index is 606. The highest BCUT2D eigenvalue weighted by Crippen LogP contribution is 2.32. The number of nitrogens with zero attached hydrogens (tertiary/aromatic N) is 1. The molecule has 0 fully saturated rings. The van der Waals surface area contributed by atoms with Gasteiger partial charge >= 0.3 is 6.09 Å². The summed E-state index contributed by atoms with van der Waals surface area (Å²) in [6, 6.07) is 11.3. The first-order chi connectivity index (χ1) is 9.71. The van der Waals surface area contributed by atoms with E-state index in [0.29, 0.717) is 18.8 Å². The maximum Gasteiger partial charge on any atom is 0.415 e. The highest BCUT2D eigenvalue weighted by Gasteiger charge is 2.14. The van der Waals surface area contributed by atoms with Gasteiger partial charge in [0.2, 0.25) is 0 Å². The molecule has 0 aromatic heterocycles. The highest BCUT2D eigenvalue weighted by molar-refractivity contribution is 5.94. The Hall–Kier alpha value is -2.23. The standard InChI is InChI=1S/C16H19NO3/c1-4-17(5-2)16(18)20-15-11-7-8-12-13(15)9-6-10-14(12)19-3/h6-11H,4-5H2,1-3H3. The molecule has 0 heterocycles. The summed E-state index contributed by atoms with van der Waals surface area (Å²) in [5.74, 6) is 1.32. The molecule has 20 heavy (non-hydrogen) atoms. The average Bonchev–Trinajstić information content (AvgIpc) is 2.48. The van der Waals surface area contributed by atoms with Gasteiger partial charge in [-0.15, -0.1) is 0 Å². The van der Waals surface area contributed by atoms with E-state index < -0.39 is 0 Å². The minimum absolute atomic E-state index is 0.328. The Kier molecular flexibility index (Phi) is 4.45. The molecule has 0 spiro atoms. The van der Waals surface area contributed by atoms with Gasteiger partial charge in [-0.2, -0.15) is 0 Å². The number of benzene rings is 2. The van der Waals surface area contributed by atoms with Crippen molar-refractivity contribution in [2.24, 2.45) is 0 Å². The Morgan fingerprint density at radius 2 is 1.55 bits per heavy atom. The Balaban J connectivity index is 2.38. The van der Waals surface area contributed by atoms with Crippen LogP contribution < -0.4 is 9.47 Å². The van der Waals surface area contributed by atoms with Gasteiger partial charge in [-0.3, -0.25) is 0 Å². The number of hydrogen-bond donors (Lipinski definition) is 0. The van der Waals surface area contributed by atoms with Gasteiger partial charge in [0.1, 0.15) is 11.5 Å². The number of carbonyl (C=O) groups excluding carboxylic acids is 1. The molecule has 0 aliphatic rings. The number of amides is 1. The summed E-state index contributed by atoms with van der Waals surface area (Å²) < 4.78 is 10.8. The monoisotopic (exact) mass is 273 g/mol. The number of rotatable bonds is 4. The fourth-order valence-corrected chi connectivity index (χ4v) is 2.16. The number of ether oxygens (including phenoxy) is 2. The molecule has 2 aromatic rings. The van der Waals surface area contributed by atoms with Crippen molar-refractivity contribution in [2.75, 3.05) is 20.2 Å². The molecule has 0 aliphatic heterocycles. The van der Waals surface area contributed by atoms with E-state index in [1.165, 1.54) is 0 Å². The lowest BCUT2D eigenvalue weighted by Crippen LogP contribution is -2.33. The van der Waals surface area contributed by atoms with Crippen molar-refractivity contribution in [3.8, 4) is 11.5 Å². The van der Waals surface area contributed by atoms with Gasteiger partial charge in [-0.25, -0.2) is 4.79 Å². The first-order valence-corrected chi connectivity index (χ1v) is 6.73. The van der Waals surface area contributed by atoms with Crippen molar-refractivity contribution < 1.29 is 14.3 Å². The Labute approximate surface area is 118 Å². The summed E-state index contributed by atoms with van der Waals surface area (Å²) >= 11 is 0. The molecule has 4 heteroatoms. The lowest BCUT2D eigenvalue weighted by atomic mass is 10.1. The summed E-state index contributed by atoms with van der Waals surface area (Å²) in [5, 5.41) is 1.80. The van der Waals surface area contributed by atoms with E-state index >= 15 is 0 Å². The molecular formula is C16H19NO3. The van der Waals surface area contributed by atoms with E-state index in [4.69, 9.17) is 9.47 Å². The molecule has 0 bridgehead atoms. The molecule has 4 nitrogen and oxygen atoms in total. The summed E-state index contributed by atoms with van der Waals surface area (Å²) in [6.45, 7) is 5.11. The van der Waals surface area contributed by atoms with Crippen LogP contribution in [0.15, 0.2) is 36.4 Å². The van der Waals surface area contributed by atoms with Crippen molar-refractivity contribution in [1.29, 1.82) is 0 Å². The van der Waals surface area contributed by atoms with Gasteiger partial charge in [0.05, 0.1) is 7.11 Å². The molecule has 0 N–H and O–H groups in total. The normalized spacial score (nSPS) is 10.3. The number of carbonyl (C=O) groups is 1. The molecule has 106 valence electrons. The van der Waals surface area contributed by atoms with Crippen LogP contribution in [0.3, 0.4) is 0 Å². The van der Waals surface area contributed by atoms with Crippen LogP contribution >= 0.6 is 0 Å². The van der Waals surface area contributed by atoms with Gasteiger partial charge < -0.3 is 14.4 Å². The van der Waals surface area contributed by atoms with E-state index in [1.54, 1.807) is 18.1 Å². The quantitative estimate of drug-likeness (QED) is 0.852. The lowest BCUT2D eigenvalue weighted by molar-refractivity contribution is 0.158. The van der Waals surface area contributed by atoms with E-state index in [1.807, 2.05) is 44.2 Å². The smallest absolute Gasteiger partial charge is 0.415 e. The fourth-order valence-electron chi connectivity index (χ4n) is 2.16. The summed E-state index contributed by atoms with van der Waals surface area (Å²) in [6.07, 6.45) is -0.328. The fraction of sp³-hybridized carbons (Fsp3) is 0.312. The van der Waals surface area contributed by atoms with Crippen LogP contribution in [0.1, 0.15) is 13.8 Å². The first kappa shape index (κ1) is 14.2. The highest BCUT2D eigenvalue weighted by atomic mass is 16.6. The minimum atomic E-state index is -0.328. The van der Waals surface area contributed by atoms with Gasteiger partial charge in [-0.1, -0.05) is 24.3 Å². The number of hydrogen-bond acceptors (Lipinski definition) is 3. The van der Waals surface area contributed by atoms with Crippen molar-refractivity contribution in [1.82, 2.24) is 4.90 Å². The van der Waals surface area contributed by atoms with Gasteiger partial charge in [0.25, 0.3) is 0 Å². The molecule has 1 amide bonds. The zero-order chi connectivity index (χ0) is 14.5. The summed E-state index contributed by atoms with van der Waals surface area (Å²) in [5.41, 5.74) is 0. The Morgan fingerprint density at radius 1 is 1.00 bits per heavy atom. The number of fused-ring (bicyclic) bond motifs is 1. The van der Waals surface area contributed by atoms with Crippen LogP contribution in [0.5, 0.6) is 11.5 Å².